The summed E-state index contributed by atoms with van der Waals surface area (Å²) in [7, 11) is 0. The van der Waals surface area contributed by atoms with Crippen molar-refractivity contribution in [2.45, 2.75) is 39.3 Å². The predicted octanol–water partition coefficient (Wildman–Crippen LogP) is 3.49. The van der Waals surface area contributed by atoms with E-state index in [4.69, 9.17) is 4.74 Å². The number of nitrogens with zero attached hydrogens (tertiary/aromatic N) is 2. The van der Waals surface area contributed by atoms with E-state index in [0.717, 1.165) is 18.5 Å². The summed E-state index contributed by atoms with van der Waals surface area (Å²) in [4.78, 5) is 30.4. The zero-order chi connectivity index (χ0) is 19.9. The number of amides is 3. The van der Waals surface area contributed by atoms with Crippen molar-refractivity contribution in [3.63, 3.8) is 0 Å². The fraction of sp³-hybridized carbons (Fsp3) is 0.450. The standard InChI is InChI=1S/C20H26N4O3S/c1-14(2)19(25)24-8-6-15(7-9-24)22-20(26)23-16-4-3-5-18(10-16)27-11-17-12-28-13-21-17/h3-5,10,12-15H,6-9,11H2,1-2H3,(H2,22,23,26). The highest BCUT2D eigenvalue weighted by molar-refractivity contribution is 7.07. The summed E-state index contributed by atoms with van der Waals surface area (Å²) >= 11 is 1.53. The van der Waals surface area contributed by atoms with E-state index in [1.165, 1.54) is 11.3 Å². The number of piperidine rings is 1. The van der Waals surface area contributed by atoms with Gasteiger partial charge >= 0.3 is 6.03 Å². The smallest absolute Gasteiger partial charge is 0.319 e. The number of urea groups is 1. The third-order valence-corrected chi connectivity index (χ3v) is 5.23. The maximum atomic E-state index is 12.3. The van der Waals surface area contributed by atoms with Crippen LogP contribution < -0.4 is 15.4 Å². The van der Waals surface area contributed by atoms with Crippen LogP contribution in [0.25, 0.3) is 0 Å². The average Bonchev–Trinajstić information content (AvgIpc) is 3.20. The molecule has 8 heteroatoms. The van der Waals surface area contributed by atoms with Gasteiger partial charge < -0.3 is 20.3 Å². The Labute approximate surface area is 169 Å². The fourth-order valence-electron chi connectivity index (χ4n) is 3.09. The minimum atomic E-state index is -0.245. The third-order valence-electron chi connectivity index (χ3n) is 4.60. The minimum absolute atomic E-state index is 0.0119. The molecule has 1 fully saturated rings. The van der Waals surface area contributed by atoms with E-state index < -0.39 is 0 Å². The zero-order valence-corrected chi connectivity index (χ0v) is 17.0. The summed E-state index contributed by atoms with van der Waals surface area (Å²) in [5, 5.41) is 7.78. The van der Waals surface area contributed by atoms with Crippen molar-refractivity contribution in [3.8, 4) is 5.75 Å². The molecule has 2 aromatic rings. The minimum Gasteiger partial charge on any atom is -0.487 e. The van der Waals surface area contributed by atoms with Gasteiger partial charge in [0.15, 0.2) is 0 Å². The Morgan fingerprint density at radius 2 is 2.11 bits per heavy atom. The number of carbonyl (C=O) groups is 2. The lowest BCUT2D eigenvalue weighted by Gasteiger charge is -2.33. The number of aromatic nitrogens is 1. The Balaban J connectivity index is 1.45. The number of hydrogen-bond donors (Lipinski definition) is 2. The number of ether oxygens (including phenoxy) is 1. The second-order valence-corrected chi connectivity index (χ2v) is 7.87. The molecular weight excluding hydrogens is 376 g/mol. The van der Waals surface area contributed by atoms with Gasteiger partial charge in [-0.1, -0.05) is 19.9 Å². The Morgan fingerprint density at radius 1 is 1.32 bits per heavy atom. The van der Waals surface area contributed by atoms with Gasteiger partial charge in [0, 0.05) is 42.2 Å². The molecule has 0 aliphatic carbocycles. The van der Waals surface area contributed by atoms with E-state index in [9.17, 15) is 9.59 Å². The molecule has 7 nitrogen and oxygen atoms in total. The Bertz CT molecular complexity index is 787. The quantitative estimate of drug-likeness (QED) is 0.775. The van der Waals surface area contributed by atoms with Crippen LogP contribution in [0.5, 0.6) is 5.75 Å². The van der Waals surface area contributed by atoms with E-state index >= 15 is 0 Å². The van der Waals surface area contributed by atoms with Gasteiger partial charge in [0.05, 0.1) is 11.2 Å². The molecule has 1 aliphatic heterocycles. The van der Waals surface area contributed by atoms with Gasteiger partial charge in [-0.25, -0.2) is 9.78 Å². The van der Waals surface area contributed by atoms with E-state index in [-0.39, 0.29) is 23.9 Å². The first kappa shape index (κ1) is 20.1. The van der Waals surface area contributed by atoms with E-state index in [1.807, 2.05) is 42.3 Å². The topological polar surface area (TPSA) is 83.6 Å². The fourth-order valence-corrected chi connectivity index (χ4v) is 3.63. The molecule has 0 unspecified atom stereocenters. The van der Waals surface area contributed by atoms with Gasteiger partial charge in [-0.15, -0.1) is 11.3 Å². The van der Waals surface area contributed by atoms with Crippen molar-refractivity contribution in [2.75, 3.05) is 18.4 Å². The van der Waals surface area contributed by atoms with Gasteiger partial charge in [-0.2, -0.15) is 0 Å². The molecule has 3 rings (SSSR count). The van der Waals surface area contributed by atoms with Crippen LogP contribution in [0.4, 0.5) is 10.5 Å². The normalized spacial score (nSPS) is 14.8. The largest absolute Gasteiger partial charge is 0.487 e. The molecule has 1 aromatic heterocycles. The molecule has 0 radical (unpaired) electrons. The average molecular weight is 403 g/mol. The Kier molecular flexibility index (Phi) is 6.86. The molecule has 2 N–H and O–H groups in total. The first-order valence-corrected chi connectivity index (χ1v) is 10.4. The molecule has 0 saturated carbocycles. The van der Waals surface area contributed by atoms with Gasteiger partial charge in [-0.3, -0.25) is 4.79 Å². The van der Waals surface area contributed by atoms with Crippen molar-refractivity contribution in [3.05, 3.63) is 40.8 Å². The molecule has 1 saturated heterocycles. The van der Waals surface area contributed by atoms with Crippen molar-refractivity contribution in [2.24, 2.45) is 5.92 Å². The summed E-state index contributed by atoms with van der Waals surface area (Å²) in [5.41, 5.74) is 3.31. The van der Waals surface area contributed by atoms with Crippen molar-refractivity contribution >= 4 is 29.0 Å². The van der Waals surface area contributed by atoms with Crippen LogP contribution in [0.2, 0.25) is 0 Å². The van der Waals surface area contributed by atoms with Gasteiger partial charge in [0.2, 0.25) is 5.91 Å². The first-order valence-electron chi connectivity index (χ1n) is 9.47. The van der Waals surface area contributed by atoms with Crippen LogP contribution in [0.3, 0.4) is 0 Å². The lowest BCUT2D eigenvalue weighted by Crippen LogP contribution is -2.48. The number of benzene rings is 1. The highest BCUT2D eigenvalue weighted by atomic mass is 32.1. The van der Waals surface area contributed by atoms with Crippen LogP contribution in [0.15, 0.2) is 35.2 Å². The van der Waals surface area contributed by atoms with E-state index in [2.05, 4.69) is 15.6 Å². The summed E-state index contributed by atoms with van der Waals surface area (Å²) in [6.07, 6.45) is 1.53. The zero-order valence-electron chi connectivity index (χ0n) is 16.2. The summed E-state index contributed by atoms with van der Waals surface area (Å²) < 4.78 is 5.71. The summed E-state index contributed by atoms with van der Waals surface area (Å²) in [6.45, 7) is 5.58. The summed E-state index contributed by atoms with van der Waals surface area (Å²) in [5.74, 6) is 0.862. The maximum Gasteiger partial charge on any atom is 0.319 e. The second kappa shape index (κ2) is 9.54. The lowest BCUT2D eigenvalue weighted by molar-refractivity contribution is -0.135. The molecule has 0 bridgehead atoms. The molecule has 3 amide bonds. The number of carbonyl (C=O) groups excluding carboxylic acids is 2. The molecule has 1 aliphatic rings. The van der Waals surface area contributed by atoms with Crippen molar-refractivity contribution in [1.29, 1.82) is 0 Å². The van der Waals surface area contributed by atoms with Crippen LogP contribution in [0, 0.1) is 5.92 Å². The van der Waals surface area contributed by atoms with Crippen LogP contribution in [-0.4, -0.2) is 41.0 Å². The van der Waals surface area contributed by atoms with Gasteiger partial charge in [0.25, 0.3) is 0 Å². The highest BCUT2D eigenvalue weighted by Crippen LogP contribution is 2.19. The first-order chi connectivity index (χ1) is 13.5. The summed E-state index contributed by atoms with van der Waals surface area (Å²) in [6, 6.07) is 7.11. The van der Waals surface area contributed by atoms with Gasteiger partial charge in [-0.05, 0) is 25.0 Å². The van der Waals surface area contributed by atoms with Crippen molar-refractivity contribution < 1.29 is 14.3 Å². The van der Waals surface area contributed by atoms with E-state index in [1.54, 1.807) is 11.6 Å². The monoisotopic (exact) mass is 402 g/mol. The molecule has 0 atom stereocenters. The number of nitrogens with one attached hydrogen (secondary N) is 2. The molecular formula is C20H26N4O3S. The SMILES string of the molecule is CC(C)C(=O)N1CCC(NC(=O)Nc2cccc(OCc3cscn3)c2)CC1. The molecule has 0 spiro atoms. The van der Waals surface area contributed by atoms with Crippen LogP contribution >= 0.6 is 11.3 Å². The molecule has 2 heterocycles. The molecule has 28 heavy (non-hydrogen) atoms. The number of anilines is 1. The number of rotatable bonds is 6. The van der Waals surface area contributed by atoms with Gasteiger partial charge in [0.1, 0.15) is 12.4 Å². The van der Waals surface area contributed by atoms with E-state index in [0.29, 0.717) is 31.1 Å². The molecule has 1 aromatic carbocycles. The Hall–Kier alpha value is -2.61. The van der Waals surface area contributed by atoms with Crippen LogP contribution in [0.1, 0.15) is 32.4 Å². The maximum absolute atomic E-state index is 12.3. The number of likely N-dealkylation sites (tertiary alicyclic amines) is 1. The number of thiazole rings is 1. The third kappa shape index (κ3) is 5.69. The molecule has 150 valence electrons. The number of hydrogen-bond acceptors (Lipinski definition) is 5. The Morgan fingerprint density at radius 3 is 2.79 bits per heavy atom. The van der Waals surface area contributed by atoms with Crippen LogP contribution in [-0.2, 0) is 11.4 Å². The highest BCUT2D eigenvalue weighted by Gasteiger charge is 2.25. The lowest BCUT2D eigenvalue weighted by atomic mass is 10.0. The van der Waals surface area contributed by atoms with Crippen molar-refractivity contribution in [1.82, 2.24) is 15.2 Å². The second-order valence-electron chi connectivity index (χ2n) is 7.15. The predicted molar refractivity (Wildman–Crippen MR) is 109 cm³/mol.